The van der Waals surface area contributed by atoms with Crippen molar-refractivity contribution < 1.29 is 19.8 Å². The molecule has 1 aromatic heterocycles. The van der Waals surface area contributed by atoms with Crippen LogP contribution in [-0.4, -0.2) is 38.4 Å². The molecule has 0 radical (unpaired) electrons. The molecule has 126 valence electrons. The molecule has 24 heavy (non-hydrogen) atoms. The average Bonchev–Trinajstić information content (AvgIpc) is 2.51. The maximum atomic E-state index is 12.1. The van der Waals surface area contributed by atoms with E-state index in [0.29, 0.717) is 5.69 Å². The summed E-state index contributed by atoms with van der Waals surface area (Å²) in [5, 5.41) is 24.7. The summed E-state index contributed by atoms with van der Waals surface area (Å²) in [6.07, 6.45) is 0.168. The summed E-state index contributed by atoms with van der Waals surface area (Å²) in [6, 6.07) is 7.90. The van der Waals surface area contributed by atoms with E-state index in [0.717, 1.165) is 16.3 Å². The predicted molar refractivity (Wildman–Crippen MR) is 85.4 cm³/mol. The third-order valence-corrected chi connectivity index (χ3v) is 3.23. The highest BCUT2D eigenvalue weighted by molar-refractivity contribution is 5.94. The van der Waals surface area contributed by atoms with Gasteiger partial charge in [0.2, 0.25) is 0 Å². The normalized spacial score (nSPS) is 10.4. The Bertz CT molecular complexity index is 829. The fourth-order valence-corrected chi connectivity index (χ4v) is 2.08. The van der Waals surface area contributed by atoms with E-state index in [1.54, 1.807) is 18.2 Å². The third kappa shape index (κ3) is 4.19. The van der Waals surface area contributed by atoms with Gasteiger partial charge in [0.05, 0.1) is 5.69 Å². The molecule has 2 aromatic rings. The van der Waals surface area contributed by atoms with Crippen LogP contribution in [0.25, 0.3) is 5.69 Å². The first kappa shape index (κ1) is 17.2. The lowest BCUT2D eigenvalue weighted by Gasteiger charge is -2.09. The Morgan fingerprint density at radius 1 is 1.29 bits per heavy atom. The zero-order valence-corrected chi connectivity index (χ0v) is 13.0. The van der Waals surface area contributed by atoms with E-state index in [1.165, 1.54) is 0 Å². The number of benzene rings is 1. The Kier molecular flexibility index (Phi) is 5.31. The molecule has 1 amide bonds. The van der Waals surface area contributed by atoms with Gasteiger partial charge in [-0.05, 0) is 31.0 Å². The molecule has 0 aliphatic carbocycles. The number of aryl methyl sites for hydroxylation is 1. The van der Waals surface area contributed by atoms with Crippen LogP contribution in [0.5, 0.6) is 5.75 Å². The highest BCUT2D eigenvalue weighted by atomic mass is 16.4. The van der Waals surface area contributed by atoms with E-state index in [4.69, 9.17) is 5.11 Å². The van der Waals surface area contributed by atoms with Crippen LogP contribution in [0.3, 0.4) is 0 Å². The van der Waals surface area contributed by atoms with E-state index >= 15 is 0 Å². The molecule has 1 heterocycles. The topological polar surface area (TPSA) is 122 Å². The van der Waals surface area contributed by atoms with Crippen molar-refractivity contribution in [2.24, 2.45) is 0 Å². The lowest BCUT2D eigenvalue weighted by atomic mass is 10.2. The Morgan fingerprint density at radius 2 is 2.04 bits per heavy atom. The summed E-state index contributed by atoms with van der Waals surface area (Å²) >= 11 is 0. The third-order valence-electron chi connectivity index (χ3n) is 3.23. The van der Waals surface area contributed by atoms with Crippen LogP contribution in [0.2, 0.25) is 0 Å². The minimum atomic E-state index is -0.960. The molecule has 2 rings (SSSR count). The number of hydrogen-bond donors (Lipinski definition) is 3. The van der Waals surface area contributed by atoms with E-state index < -0.39 is 23.2 Å². The first-order valence-electron chi connectivity index (χ1n) is 7.29. The molecule has 0 aliphatic heterocycles. The summed E-state index contributed by atoms with van der Waals surface area (Å²) < 4.78 is 1.03. The van der Waals surface area contributed by atoms with Crippen molar-refractivity contribution in [1.82, 2.24) is 15.1 Å². The highest BCUT2D eigenvalue weighted by Crippen LogP contribution is 2.13. The number of carboxylic acids is 1. The summed E-state index contributed by atoms with van der Waals surface area (Å²) in [5.41, 5.74) is 0.515. The molecule has 8 heteroatoms. The summed E-state index contributed by atoms with van der Waals surface area (Å²) in [6.45, 7) is 1.97. The van der Waals surface area contributed by atoms with Crippen LogP contribution >= 0.6 is 0 Å². The molecule has 0 saturated carbocycles. The zero-order chi connectivity index (χ0) is 17.7. The maximum absolute atomic E-state index is 12.1. The van der Waals surface area contributed by atoms with Crippen molar-refractivity contribution in [3.8, 4) is 11.4 Å². The van der Waals surface area contributed by atoms with Crippen molar-refractivity contribution in [3.63, 3.8) is 0 Å². The average molecular weight is 331 g/mol. The highest BCUT2D eigenvalue weighted by Gasteiger charge is 2.16. The van der Waals surface area contributed by atoms with E-state index in [-0.39, 0.29) is 25.1 Å². The van der Waals surface area contributed by atoms with Crippen molar-refractivity contribution in [2.75, 3.05) is 6.54 Å². The Hall–Kier alpha value is -3.16. The molecule has 8 nitrogen and oxygen atoms in total. The lowest BCUT2D eigenvalue weighted by Crippen LogP contribution is -2.30. The van der Waals surface area contributed by atoms with Crippen molar-refractivity contribution in [2.45, 2.75) is 19.8 Å². The van der Waals surface area contributed by atoms with Gasteiger partial charge in [0.15, 0.2) is 11.4 Å². The molecule has 0 aliphatic rings. The number of hydrogen-bond acceptors (Lipinski definition) is 5. The number of rotatable bonds is 6. The van der Waals surface area contributed by atoms with E-state index in [2.05, 4.69) is 10.4 Å². The molecular formula is C16H17N3O5. The summed E-state index contributed by atoms with van der Waals surface area (Å²) in [7, 11) is 0. The van der Waals surface area contributed by atoms with Crippen LogP contribution in [-0.2, 0) is 4.79 Å². The van der Waals surface area contributed by atoms with Gasteiger partial charge in [0.25, 0.3) is 11.5 Å². The number of aliphatic carboxylic acids is 1. The molecule has 0 fully saturated rings. The quantitative estimate of drug-likeness (QED) is 0.674. The summed E-state index contributed by atoms with van der Waals surface area (Å²) in [4.78, 5) is 34.5. The molecule has 0 saturated heterocycles. The van der Waals surface area contributed by atoms with Gasteiger partial charge in [-0.15, -0.1) is 0 Å². The molecule has 0 unspecified atom stereocenters. The molecule has 0 atom stereocenters. The van der Waals surface area contributed by atoms with Gasteiger partial charge in [-0.3, -0.25) is 14.4 Å². The molecule has 0 spiro atoms. The molecule has 1 aromatic carbocycles. The van der Waals surface area contributed by atoms with Gasteiger partial charge in [0.1, 0.15) is 0 Å². The monoisotopic (exact) mass is 331 g/mol. The van der Waals surface area contributed by atoms with Gasteiger partial charge in [-0.1, -0.05) is 12.1 Å². The second-order valence-corrected chi connectivity index (χ2v) is 5.22. The van der Waals surface area contributed by atoms with Gasteiger partial charge < -0.3 is 15.5 Å². The van der Waals surface area contributed by atoms with Crippen LogP contribution in [0.15, 0.2) is 35.1 Å². The number of carboxylic acid groups (broad SMARTS) is 1. The van der Waals surface area contributed by atoms with Gasteiger partial charge >= 0.3 is 5.97 Å². The maximum Gasteiger partial charge on any atom is 0.303 e. The second-order valence-electron chi connectivity index (χ2n) is 5.22. The number of nitrogens with zero attached hydrogens (tertiary/aromatic N) is 2. The van der Waals surface area contributed by atoms with Crippen molar-refractivity contribution in [3.05, 3.63) is 51.9 Å². The number of carbonyl (C=O) groups excluding carboxylic acids is 1. The van der Waals surface area contributed by atoms with Crippen LogP contribution < -0.4 is 10.9 Å². The van der Waals surface area contributed by atoms with Crippen LogP contribution in [0.1, 0.15) is 28.9 Å². The van der Waals surface area contributed by atoms with Crippen molar-refractivity contribution >= 4 is 11.9 Å². The predicted octanol–water partition coefficient (Wildman–Crippen LogP) is 0.841. The number of aromatic hydroxyl groups is 1. The number of nitrogens with one attached hydrogen (secondary N) is 1. The molecule has 0 bridgehead atoms. The first-order valence-corrected chi connectivity index (χ1v) is 7.29. The van der Waals surface area contributed by atoms with Gasteiger partial charge in [0, 0.05) is 19.0 Å². The number of aromatic nitrogens is 2. The van der Waals surface area contributed by atoms with Crippen molar-refractivity contribution in [1.29, 1.82) is 0 Å². The fourth-order valence-electron chi connectivity index (χ4n) is 2.08. The molecular weight excluding hydrogens is 314 g/mol. The zero-order valence-electron chi connectivity index (χ0n) is 13.0. The number of carbonyl (C=O) groups is 2. The number of amides is 1. The largest absolute Gasteiger partial charge is 0.505 e. The fraction of sp³-hybridized carbons (Fsp3) is 0.250. The first-order chi connectivity index (χ1) is 11.4. The smallest absolute Gasteiger partial charge is 0.303 e. The van der Waals surface area contributed by atoms with E-state index in [9.17, 15) is 19.5 Å². The Balaban J connectivity index is 2.24. The Morgan fingerprint density at radius 3 is 2.71 bits per heavy atom. The summed E-state index contributed by atoms with van der Waals surface area (Å²) in [5.74, 6) is -2.17. The standard InChI is InChI=1S/C16H17N3O5/c1-10-4-2-5-11(8-10)19-13(21)9-12(20)15(18-19)16(24)17-7-3-6-14(22)23/h2,4-5,8-9,20H,3,6-7H2,1H3,(H,17,24)(H,22,23). The van der Waals surface area contributed by atoms with Gasteiger partial charge in [-0.2, -0.15) is 9.78 Å². The molecule has 3 N–H and O–H groups in total. The lowest BCUT2D eigenvalue weighted by molar-refractivity contribution is -0.137. The minimum absolute atomic E-state index is 0.0809. The van der Waals surface area contributed by atoms with Gasteiger partial charge in [-0.25, -0.2) is 0 Å². The Labute approximate surface area is 137 Å². The minimum Gasteiger partial charge on any atom is -0.505 e. The van der Waals surface area contributed by atoms with Crippen LogP contribution in [0.4, 0.5) is 0 Å². The second kappa shape index (κ2) is 7.40. The van der Waals surface area contributed by atoms with Crippen LogP contribution in [0, 0.1) is 6.92 Å². The van der Waals surface area contributed by atoms with E-state index in [1.807, 2.05) is 13.0 Å². The SMILES string of the molecule is Cc1cccc(-n2nc(C(=O)NCCCC(=O)O)c(O)cc2=O)c1.